The second-order valence-corrected chi connectivity index (χ2v) is 8.60. The molecule has 31 heavy (non-hydrogen) atoms. The zero-order chi connectivity index (χ0) is 21.8. The Hall–Kier alpha value is -1.96. The predicted molar refractivity (Wildman–Crippen MR) is 118 cm³/mol. The minimum absolute atomic E-state index is 0.125. The summed E-state index contributed by atoms with van der Waals surface area (Å²) in [4.78, 5) is 0. The van der Waals surface area contributed by atoms with Crippen LogP contribution in [0.3, 0.4) is 0 Å². The average Bonchev–Trinajstić information content (AvgIpc) is 3.25. The number of ether oxygens (including phenoxy) is 5. The molecule has 2 fully saturated rings. The second-order valence-electron chi connectivity index (χ2n) is 8.60. The maximum absolute atomic E-state index is 6.38. The van der Waals surface area contributed by atoms with Crippen molar-refractivity contribution in [1.29, 1.82) is 0 Å². The summed E-state index contributed by atoms with van der Waals surface area (Å²) in [7, 11) is 3.40. The van der Waals surface area contributed by atoms with E-state index in [1.54, 1.807) is 14.2 Å². The van der Waals surface area contributed by atoms with Gasteiger partial charge in [0.1, 0.15) is 18.0 Å². The van der Waals surface area contributed by atoms with E-state index in [1.807, 2.05) is 32.0 Å². The van der Waals surface area contributed by atoms with E-state index >= 15 is 0 Å². The lowest BCUT2D eigenvalue weighted by Crippen LogP contribution is -2.39. The Labute approximate surface area is 184 Å². The quantitative estimate of drug-likeness (QED) is 0.614. The summed E-state index contributed by atoms with van der Waals surface area (Å²) in [5.74, 6) is 0.301. The Morgan fingerprint density at radius 2 is 1.74 bits per heavy atom. The molecule has 5 atom stereocenters. The zero-order valence-electron chi connectivity index (χ0n) is 18.7. The fourth-order valence-electron chi connectivity index (χ4n) is 4.55. The van der Waals surface area contributed by atoms with Gasteiger partial charge in [0.05, 0.1) is 13.2 Å². The molecule has 0 spiro atoms. The molecule has 0 radical (unpaired) electrons. The first kappa shape index (κ1) is 22.2. The Balaban J connectivity index is 1.48. The van der Waals surface area contributed by atoms with Crippen LogP contribution in [0.1, 0.15) is 37.3 Å². The van der Waals surface area contributed by atoms with Crippen molar-refractivity contribution in [3.8, 4) is 5.75 Å². The van der Waals surface area contributed by atoms with Gasteiger partial charge in [0.25, 0.3) is 0 Å². The van der Waals surface area contributed by atoms with Crippen molar-refractivity contribution in [2.45, 2.75) is 63.1 Å². The lowest BCUT2D eigenvalue weighted by atomic mass is 9.87. The van der Waals surface area contributed by atoms with Gasteiger partial charge in [0, 0.05) is 19.6 Å². The van der Waals surface area contributed by atoms with Crippen molar-refractivity contribution in [2.75, 3.05) is 20.8 Å². The molecular weight excluding hydrogens is 394 g/mol. The van der Waals surface area contributed by atoms with Crippen LogP contribution in [0.2, 0.25) is 0 Å². The van der Waals surface area contributed by atoms with Crippen LogP contribution >= 0.6 is 0 Å². The molecule has 1 N–H and O–H groups in total. The van der Waals surface area contributed by atoms with Crippen molar-refractivity contribution >= 4 is 0 Å². The van der Waals surface area contributed by atoms with E-state index in [1.165, 1.54) is 11.1 Å². The summed E-state index contributed by atoms with van der Waals surface area (Å²) in [5, 5.41) is 3.56. The van der Waals surface area contributed by atoms with Crippen LogP contribution in [0, 0.1) is 0 Å². The van der Waals surface area contributed by atoms with Crippen LogP contribution < -0.4 is 10.1 Å². The zero-order valence-corrected chi connectivity index (χ0v) is 18.7. The summed E-state index contributed by atoms with van der Waals surface area (Å²) in [6, 6.07) is 18.6. The fraction of sp³-hybridized carbons (Fsp3) is 0.520. The molecule has 6 heteroatoms. The molecule has 2 aromatic carbocycles. The van der Waals surface area contributed by atoms with Crippen LogP contribution in [-0.4, -0.2) is 51.2 Å². The maximum Gasteiger partial charge on any atom is 0.190 e. The minimum Gasteiger partial charge on any atom is -0.497 e. The summed E-state index contributed by atoms with van der Waals surface area (Å²) < 4.78 is 29.7. The number of hydrogen-bond donors (Lipinski definition) is 1. The van der Waals surface area contributed by atoms with E-state index in [4.69, 9.17) is 23.7 Å². The van der Waals surface area contributed by atoms with Crippen molar-refractivity contribution in [1.82, 2.24) is 5.32 Å². The Morgan fingerprint density at radius 1 is 1.00 bits per heavy atom. The summed E-state index contributed by atoms with van der Waals surface area (Å²) in [6.45, 7) is 5.50. The highest BCUT2D eigenvalue weighted by Crippen LogP contribution is 2.43. The Morgan fingerprint density at radius 3 is 2.42 bits per heavy atom. The summed E-state index contributed by atoms with van der Waals surface area (Å²) in [6.07, 6.45) is -0.117. The molecule has 2 saturated heterocycles. The first-order valence-corrected chi connectivity index (χ1v) is 10.9. The second kappa shape index (κ2) is 9.67. The van der Waals surface area contributed by atoms with Crippen molar-refractivity contribution in [3.05, 3.63) is 65.7 Å². The van der Waals surface area contributed by atoms with Gasteiger partial charge in [-0.25, -0.2) is 0 Å². The molecule has 2 aliphatic rings. The standard InChI is InChI=1S/C25H33NO5/c1-25(2)30-23-22(28-4)21(29-24(23)31-25)20(18-10-12-19(27-3)13-11-18)14-15-26-16-17-8-6-5-7-9-17/h5-13,20-24,26H,14-16H2,1-4H3/t20-,21-,22+,23-,24-/m1/s1. The third-order valence-electron chi connectivity index (χ3n) is 6.04. The van der Waals surface area contributed by atoms with Gasteiger partial charge < -0.3 is 29.0 Å². The topological polar surface area (TPSA) is 58.2 Å². The van der Waals surface area contributed by atoms with E-state index in [0.717, 1.165) is 25.3 Å². The fourth-order valence-corrected chi connectivity index (χ4v) is 4.55. The largest absolute Gasteiger partial charge is 0.497 e. The first-order valence-electron chi connectivity index (χ1n) is 10.9. The number of benzene rings is 2. The third-order valence-corrected chi connectivity index (χ3v) is 6.04. The molecule has 0 aliphatic carbocycles. The third kappa shape index (κ3) is 5.10. The highest BCUT2D eigenvalue weighted by Gasteiger charge is 2.56. The lowest BCUT2D eigenvalue weighted by Gasteiger charge is -2.31. The van der Waals surface area contributed by atoms with Crippen LogP contribution in [0.5, 0.6) is 5.75 Å². The highest BCUT2D eigenvalue weighted by atomic mass is 16.8. The molecule has 2 aromatic rings. The summed E-state index contributed by atoms with van der Waals surface area (Å²) in [5.41, 5.74) is 2.46. The normalized spacial score (nSPS) is 27.7. The molecule has 4 rings (SSSR count). The van der Waals surface area contributed by atoms with Gasteiger partial charge in [-0.1, -0.05) is 42.5 Å². The van der Waals surface area contributed by atoms with Crippen LogP contribution in [0.4, 0.5) is 0 Å². The van der Waals surface area contributed by atoms with Gasteiger partial charge in [-0.05, 0) is 50.1 Å². The van der Waals surface area contributed by atoms with Crippen molar-refractivity contribution in [2.24, 2.45) is 0 Å². The Bertz CT molecular complexity index is 826. The van der Waals surface area contributed by atoms with Gasteiger partial charge in [0.15, 0.2) is 12.1 Å². The van der Waals surface area contributed by atoms with Gasteiger partial charge >= 0.3 is 0 Å². The molecule has 0 aromatic heterocycles. The van der Waals surface area contributed by atoms with Crippen LogP contribution in [0.25, 0.3) is 0 Å². The van der Waals surface area contributed by atoms with Crippen molar-refractivity contribution < 1.29 is 23.7 Å². The van der Waals surface area contributed by atoms with Crippen LogP contribution in [0.15, 0.2) is 54.6 Å². The monoisotopic (exact) mass is 427 g/mol. The molecule has 168 valence electrons. The molecule has 2 heterocycles. The van der Waals surface area contributed by atoms with E-state index in [9.17, 15) is 0 Å². The lowest BCUT2D eigenvalue weighted by molar-refractivity contribution is -0.219. The predicted octanol–water partition coefficient (Wildman–Crippen LogP) is 3.85. The van der Waals surface area contributed by atoms with Crippen molar-refractivity contribution in [3.63, 3.8) is 0 Å². The maximum atomic E-state index is 6.38. The van der Waals surface area contributed by atoms with Crippen LogP contribution in [-0.2, 0) is 25.5 Å². The molecule has 0 saturated carbocycles. The Kier molecular flexibility index (Phi) is 6.94. The van der Waals surface area contributed by atoms with Gasteiger partial charge in [-0.3, -0.25) is 0 Å². The highest BCUT2D eigenvalue weighted by molar-refractivity contribution is 5.31. The SMILES string of the molecule is COc1ccc([C@@H](CCNCc2ccccc2)[C@H]2O[C@@H]3OC(C)(C)O[C@@H]3[C@H]2OC)cc1. The molecule has 0 amide bonds. The van der Waals surface area contributed by atoms with E-state index in [0.29, 0.717) is 0 Å². The van der Waals surface area contributed by atoms with E-state index < -0.39 is 12.1 Å². The number of nitrogens with one attached hydrogen (secondary N) is 1. The molecule has 0 bridgehead atoms. The number of rotatable bonds is 9. The van der Waals surface area contributed by atoms with Gasteiger partial charge in [-0.15, -0.1) is 0 Å². The van der Waals surface area contributed by atoms with Gasteiger partial charge in [0.2, 0.25) is 0 Å². The molecule has 6 nitrogen and oxygen atoms in total. The first-order chi connectivity index (χ1) is 15.0. The number of methoxy groups -OCH3 is 2. The smallest absolute Gasteiger partial charge is 0.190 e. The van der Waals surface area contributed by atoms with E-state index in [-0.39, 0.29) is 24.2 Å². The molecule has 0 unspecified atom stereocenters. The van der Waals surface area contributed by atoms with E-state index in [2.05, 4.69) is 41.7 Å². The minimum atomic E-state index is -0.663. The average molecular weight is 428 g/mol. The number of fused-ring (bicyclic) bond motifs is 1. The summed E-state index contributed by atoms with van der Waals surface area (Å²) >= 11 is 0. The number of hydrogen-bond acceptors (Lipinski definition) is 6. The molecule has 2 aliphatic heterocycles. The van der Waals surface area contributed by atoms with Gasteiger partial charge in [-0.2, -0.15) is 0 Å². The molecular formula is C25H33NO5.